The number of nitrogens with two attached hydrogens (primary N) is 1. The second-order valence-electron chi connectivity index (χ2n) is 3.82. The summed E-state index contributed by atoms with van der Waals surface area (Å²) in [5.74, 6) is -0.451. The van der Waals surface area contributed by atoms with Crippen LogP contribution in [0.4, 0.5) is 0 Å². The van der Waals surface area contributed by atoms with Gasteiger partial charge >= 0.3 is 0 Å². The largest absolute Gasteiger partial charge is 0.382 e. The lowest BCUT2D eigenvalue weighted by atomic mass is 10.3. The lowest BCUT2D eigenvalue weighted by Crippen LogP contribution is -2.35. The number of ether oxygens (including phenoxy) is 2. The Hall–Kier alpha value is -1.42. The Morgan fingerprint density at radius 3 is 2.68 bits per heavy atom. The van der Waals surface area contributed by atoms with Crippen molar-refractivity contribution in [1.82, 2.24) is 10.3 Å². The van der Waals surface area contributed by atoms with Crippen molar-refractivity contribution in [2.45, 2.75) is 11.0 Å². The lowest BCUT2D eigenvalue weighted by molar-refractivity contribution is 0.0285. The summed E-state index contributed by atoms with van der Waals surface area (Å²) in [5, 5.41) is 7.53. The Balaban J connectivity index is 2.61. The second kappa shape index (κ2) is 6.66. The molecule has 0 bridgehead atoms. The fourth-order valence-corrected chi connectivity index (χ4v) is 1.87. The molecular weight excluding hydrogens is 274 g/mol. The molecule has 0 spiro atoms. The molecule has 108 valence electrons. The van der Waals surface area contributed by atoms with E-state index in [-0.39, 0.29) is 23.2 Å². The third-order valence-corrected chi connectivity index (χ3v) is 3.30. The molecule has 0 aromatic carbocycles. The molecule has 0 aliphatic carbocycles. The molecule has 19 heavy (non-hydrogen) atoms. The van der Waals surface area contributed by atoms with E-state index in [2.05, 4.69) is 10.3 Å². The average Bonchev–Trinajstić information content (AvgIpc) is 2.83. The Morgan fingerprint density at radius 1 is 1.53 bits per heavy atom. The van der Waals surface area contributed by atoms with Gasteiger partial charge in [0.25, 0.3) is 5.91 Å². The van der Waals surface area contributed by atoms with Crippen molar-refractivity contribution in [3.63, 3.8) is 0 Å². The maximum atomic E-state index is 11.7. The highest BCUT2D eigenvalue weighted by Gasteiger charge is 2.15. The van der Waals surface area contributed by atoms with Gasteiger partial charge in [-0.2, -0.15) is 0 Å². The number of carbonyl (C=O) groups is 1. The van der Waals surface area contributed by atoms with Crippen molar-refractivity contribution < 1.29 is 22.7 Å². The topological polar surface area (TPSA) is 124 Å². The Kier molecular flexibility index (Phi) is 5.48. The summed E-state index contributed by atoms with van der Waals surface area (Å²) in [6, 6.07) is 1.17. The average molecular weight is 291 g/mol. The number of carbonyl (C=O) groups excluding carboxylic acids is 1. The molecule has 1 aromatic rings. The monoisotopic (exact) mass is 291 g/mol. The van der Waals surface area contributed by atoms with Crippen molar-refractivity contribution in [1.29, 1.82) is 0 Å². The minimum Gasteiger partial charge on any atom is -0.382 e. The van der Waals surface area contributed by atoms with Gasteiger partial charge in [0.2, 0.25) is 10.0 Å². The van der Waals surface area contributed by atoms with Crippen LogP contribution in [0.15, 0.2) is 17.2 Å². The van der Waals surface area contributed by atoms with Gasteiger partial charge in [-0.15, -0.1) is 0 Å². The number of rotatable bonds is 7. The van der Waals surface area contributed by atoms with E-state index in [0.717, 1.165) is 6.20 Å². The van der Waals surface area contributed by atoms with Gasteiger partial charge in [0, 0.05) is 27.0 Å². The number of H-pyrrole nitrogens is 1. The maximum absolute atomic E-state index is 11.7. The number of primary sulfonamides is 1. The fourth-order valence-electron chi connectivity index (χ4n) is 1.37. The minimum atomic E-state index is -3.82. The molecule has 1 heterocycles. The highest BCUT2D eigenvalue weighted by molar-refractivity contribution is 7.89. The van der Waals surface area contributed by atoms with Crippen molar-refractivity contribution in [3.05, 3.63) is 18.0 Å². The third-order valence-electron chi connectivity index (χ3n) is 2.41. The van der Waals surface area contributed by atoms with Crippen LogP contribution in [0.3, 0.4) is 0 Å². The molecule has 0 radical (unpaired) electrons. The fraction of sp³-hybridized carbons (Fsp3) is 0.500. The van der Waals surface area contributed by atoms with E-state index in [1.807, 2.05) is 0 Å². The van der Waals surface area contributed by atoms with Crippen LogP contribution in [-0.2, 0) is 19.5 Å². The smallest absolute Gasteiger partial charge is 0.267 e. The van der Waals surface area contributed by atoms with E-state index in [0.29, 0.717) is 6.61 Å². The number of aromatic nitrogens is 1. The summed E-state index contributed by atoms with van der Waals surface area (Å²) in [5.41, 5.74) is 0.108. The molecule has 0 saturated carbocycles. The SMILES string of the molecule is COCC(CNC(=O)c1cc(S(N)(=O)=O)c[nH]1)OC. The molecular formula is C10H17N3O5S. The van der Waals surface area contributed by atoms with Crippen LogP contribution in [0.25, 0.3) is 0 Å². The van der Waals surface area contributed by atoms with Gasteiger partial charge in [-0.05, 0) is 6.07 Å². The molecule has 1 aromatic heterocycles. The van der Waals surface area contributed by atoms with E-state index in [9.17, 15) is 13.2 Å². The van der Waals surface area contributed by atoms with Gasteiger partial charge < -0.3 is 19.8 Å². The number of amides is 1. The molecule has 1 unspecified atom stereocenters. The molecule has 0 saturated heterocycles. The van der Waals surface area contributed by atoms with Gasteiger partial charge in [0.05, 0.1) is 17.6 Å². The van der Waals surface area contributed by atoms with Crippen molar-refractivity contribution in [2.75, 3.05) is 27.4 Å². The first-order valence-electron chi connectivity index (χ1n) is 5.39. The first-order valence-corrected chi connectivity index (χ1v) is 6.94. The second-order valence-corrected chi connectivity index (χ2v) is 5.38. The van der Waals surface area contributed by atoms with Gasteiger partial charge in [-0.3, -0.25) is 4.79 Å². The number of sulfonamides is 1. The summed E-state index contributed by atoms with van der Waals surface area (Å²) in [4.78, 5) is 14.1. The molecule has 1 rings (SSSR count). The third kappa shape index (κ3) is 4.63. The summed E-state index contributed by atoms with van der Waals surface area (Å²) in [7, 11) is -0.787. The number of methoxy groups -OCH3 is 2. The van der Waals surface area contributed by atoms with E-state index in [1.165, 1.54) is 20.3 Å². The first-order chi connectivity index (χ1) is 8.88. The minimum absolute atomic E-state index is 0.108. The number of hydrogen-bond acceptors (Lipinski definition) is 5. The van der Waals surface area contributed by atoms with Crippen molar-refractivity contribution >= 4 is 15.9 Å². The Morgan fingerprint density at radius 2 is 2.21 bits per heavy atom. The first kappa shape index (κ1) is 15.6. The van der Waals surface area contributed by atoms with Gasteiger partial charge in [-0.25, -0.2) is 13.6 Å². The standard InChI is InChI=1S/C10H17N3O5S/c1-17-6-7(18-2)4-13-10(14)9-3-8(5-12-9)19(11,15)16/h3,5,7,12H,4,6H2,1-2H3,(H,13,14)(H2,11,15,16). The molecule has 0 aliphatic heterocycles. The lowest BCUT2D eigenvalue weighted by Gasteiger charge is -2.14. The molecule has 1 amide bonds. The maximum Gasteiger partial charge on any atom is 0.267 e. The summed E-state index contributed by atoms with van der Waals surface area (Å²) in [6.45, 7) is 0.580. The number of hydrogen-bond donors (Lipinski definition) is 3. The number of nitrogens with one attached hydrogen (secondary N) is 2. The predicted molar refractivity (Wildman–Crippen MR) is 67.2 cm³/mol. The van der Waals surface area contributed by atoms with E-state index >= 15 is 0 Å². The molecule has 4 N–H and O–H groups in total. The van der Waals surface area contributed by atoms with Gasteiger partial charge in [0.15, 0.2) is 0 Å². The zero-order chi connectivity index (χ0) is 14.5. The Labute approximate surface area is 111 Å². The molecule has 8 nitrogen and oxygen atoms in total. The van der Waals surface area contributed by atoms with Crippen LogP contribution in [0.5, 0.6) is 0 Å². The van der Waals surface area contributed by atoms with Gasteiger partial charge in [0.1, 0.15) is 5.69 Å². The molecule has 1 atom stereocenters. The molecule has 9 heteroatoms. The summed E-state index contributed by atoms with van der Waals surface area (Å²) >= 11 is 0. The molecule has 0 fully saturated rings. The van der Waals surface area contributed by atoms with E-state index in [1.54, 1.807) is 0 Å². The van der Waals surface area contributed by atoms with Crippen molar-refractivity contribution in [2.24, 2.45) is 5.14 Å². The van der Waals surface area contributed by atoms with E-state index < -0.39 is 15.9 Å². The van der Waals surface area contributed by atoms with Crippen LogP contribution in [0, 0.1) is 0 Å². The highest BCUT2D eigenvalue weighted by Crippen LogP contribution is 2.08. The van der Waals surface area contributed by atoms with Crippen molar-refractivity contribution in [3.8, 4) is 0 Å². The predicted octanol–water partition coefficient (Wildman–Crippen LogP) is -0.947. The number of aromatic amines is 1. The molecule has 0 aliphatic rings. The van der Waals surface area contributed by atoms with Crippen LogP contribution in [0.2, 0.25) is 0 Å². The van der Waals surface area contributed by atoms with Crippen LogP contribution < -0.4 is 10.5 Å². The normalized spacial score (nSPS) is 13.2. The summed E-state index contributed by atoms with van der Waals surface area (Å²) in [6.07, 6.45) is 0.884. The zero-order valence-corrected chi connectivity index (χ0v) is 11.5. The van der Waals surface area contributed by atoms with Crippen LogP contribution in [0.1, 0.15) is 10.5 Å². The highest BCUT2D eigenvalue weighted by atomic mass is 32.2. The Bertz CT molecular complexity index is 525. The summed E-state index contributed by atoms with van der Waals surface area (Å²) < 4.78 is 32.1. The van der Waals surface area contributed by atoms with Gasteiger partial charge in [-0.1, -0.05) is 0 Å². The quantitative estimate of drug-likeness (QED) is 0.598. The zero-order valence-electron chi connectivity index (χ0n) is 10.7. The van der Waals surface area contributed by atoms with Crippen LogP contribution >= 0.6 is 0 Å². The van der Waals surface area contributed by atoms with E-state index in [4.69, 9.17) is 14.6 Å². The van der Waals surface area contributed by atoms with Crippen LogP contribution in [-0.4, -0.2) is 52.8 Å².